The fourth-order valence-electron chi connectivity index (χ4n) is 3.25. The van der Waals surface area contributed by atoms with E-state index in [2.05, 4.69) is 22.6 Å². The van der Waals surface area contributed by atoms with Crippen molar-refractivity contribution in [2.45, 2.75) is 32.1 Å². The van der Waals surface area contributed by atoms with E-state index in [4.69, 9.17) is 17.5 Å². The van der Waals surface area contributed by atoms with E-state index in [1.165, 1.54) is 0 Å². The molecule has 1 saturated carbocycles. The molecule has 0 amide bonds. The molecule has 0 atom stereocenters. The zero-order valence-corrected chi connectivity index (χ0v) is 15.0. The Labute approximate surface area is 155 Å². The molecule has 0 radical (unpaired) electrons. The first kappa shape index (κ1) is 16.7. The normalized spacial score (nSPS) is 14.2. The van der Waals surface area contributed by atoms with Crippen molar-refractivity contribution in [3.05, 3.63) is 52.0 Å². The minimum absolute atomic E-state index is 0.115. The van der Waals surface area contributed by atoms with Crippen LogP contribution in [0.4, 0.5) is 0 Å². The number of aromatic nitrogens is 4. The minimum Gasteiger partial charge on any atom is -0.272 e. The summed E-state index contributed by atoms with van der Waals surface area (Å²) >= 11 is 5.66. The third-order valence-corrected chi connectivity index (χ3v) is 5.04. The third kappa shape index (κ3) is 2.66. The molecule has 0 spiro atoms. The molecule has 0 aliphatic heterocycles. The summed E-state index contributed by atoms with van der Waals surface area (Å²) in [4.78, 5) is 14.9. The van der Waals surface area contributed by atoms with E-state index in [-0.39, 0.29) is 5.56 Å². The van der Waals surface area contributed by atoms with Gasteiger partial charge in [0.15, 0.2) is 0 Å². The van der Waals surface area contributed by atoms with E-state index in [1.807, 2.05) is 22.6 Å². The number of nitrogens with zero attached hydrogens (tertiary/aromatic N) is 6. The molecule has 1 aliphatic rings. The summed E-state index contributed by atoms with van der Waals surface area (Å²) in [5, 5.41) is 14.3. The van der Waals surface area contributed by atoms with Crippen LogP contribution in [0.25, 0.3) is 16.7 Å². The van der Waals surface area contributed by atoms with Gasteiger partial charge in [-0.05, 0) is 37.2 Å². The Hall–Kier alpha value is -2.76. The standard InChI is InChI=1S/C18H18N6OS/c1-2-10-22-16(25)14-5-3-4-6-15(14)24-17(22)20-23(18(24)26)12-21(11-9-19)13-7-8-13/h2-6,13H,1,7-8,10-12H2. The summed E-state index contributed by atoms with van der Waals surface area (Å²) in [5.74, 6) is 0.492. The van der Waals surface area contributed by atoms with Crippen LogP contribution in [0, 0.1) is 16.1 Å². The van der Waals surface area contributed by atoms with Crippen molar-refractivity contribution in [3.63, 3.8) is 0 Å². The maximum atomic E-state index is 12.9. The monoisotopic (exact) mass is 366 g/mol. The molecule has 4 rings (SSSR count). The Morgan fingerprint density at radius 2 is 2.19 bits per heavy atom. The Kier molecular flexibility index (Phi) is 4.18. The topological polar surface area (TPSA) is 71.3 Å². The van der Waals surface area contributed by atoms with Gasteiger partial charge in [-0.2, -0.15) is 5.26 Å². The number of hydrogen-bond acceptors (Lipinski definition) is 5. The molecule has 132 valence electrons. The fourth-order valence-corrected chi connectivity index (χ4v) is 3.53. The number of para-hydroxylation sites is 1. The maximum Gasteiger partial charge on any atom is 0.263 e. The molecular weight excluding hydrogens is 348 g/mol. The quantitative estimate of drug-likeness (QED) is 0.380. The number of allylic oxidation sites excluding steroid dienone is 1. The van der Waals surface area contributed by atoms with Crippen LogP contribution in [-0.2, 0) is 13.2 Å². The van der Waals surface area contributed by atoms with Gasteiger partial charge in [-0.25, -0.2) is 4.68 Å². The summed E-state index contributed by atoms with van der Waals surface area (Å²) in [6.07, 6.45) is 3.85. The van der Waals surface area contributed by atoms with Gasteiger partial charge in [0.05, 0.1) is 30.2 Å². The second-order valence-corrected chi connectivity index (χ2v) is 6.78. The average molecular weight is 366 g/mol. The van der Waals surface area contributed by atoms with Crippen molar-refractivity contribution < 1.29 is 0 Å². The molecule has 2 aromatic heterocycles. The molecule has 0 saturated heterocycles. The lowest BCUT2D eigenvalue weighted by Gasteiger charge is -2.17. The number of fused-ring (bicyclic) bond motifs is 3. The summed E-state index contributed by atoms with van der Waals surface area (Å²) in [5.41, 5.74) is 0.624. The van der Waals surface area contributed by atoms with E-state index >= 15 is 0 Å². The van der Waals surface area contributed by atoms with Crippen molar-refractivity contribution in [2.75, 3.05) is 6.54 Å². The zero-order valence-electron chi connectivity index (χ0n) is 14.2. The van der Waals surface area contributed by atoms with Crippen LogP contribution in [0.15, 0.2) is 41.7 Å². The van der Waals surface area contributed by atoms with Crippen molar-refractivity contribution in [1.82, 2.24) is 23.6 Å². The average Bonchev–Trinajstić information content (AvgIpc) is 3.44. The Bertz CT molecular complexity index is 1160. The SMILES string of the molecule is C=CCn1c(=O)c2ccccc2n2c(=S)n(CN(CC#N)C3CC3)nc12. The van der Waals surface area contributed by atoms with Gasteiger partial charge in [-0.1, -0.05) is 18.2 Å². The predicted octanol–water partition coefficient (Wildman–Crippen LogP) is 2.31. The van der Waals surface area contributed by atoms with E-state index in [1.54, 1.807) is 21.4 Å². The Morgan fingerprint density at radius 3 is 2.88 bits per heavy atom. The number of nitriles is 1. The first-order valence-electron chi connectivity index (χ1n) is 8.48. The van der Waals surface area contributed by atoms with Crippen molar-refractivity contribution in [1.29, 1.82) is 5.26 Å². The predicted molar refractivity (Wildman–Crippen MR) is 101 cm³/mol. The van der Waals surface area contributed by atoms with Crippen LogP contribution >= 0.6 is 12.2 Å². The van der Waals surface area contributed by atoms with E-state index < -0.39 is 0 Å². The summed E-state index contributed by atoms with van der Waals surface area (Å²) in [6.45, 7) is 4.87. The molecule has 0 unspecified atom stereocenters. The van der Waals surface area contributed by atoms with Crippen LogP contribution in [0.2, 0.25) is 0 Å². The van der Waals surface area contributed by atoms with Crippen LogP contribution < -0.4 is 5.56 Å². The van der Waals surface area contributed by atoms with Gasteiger partial charge in [0.1, 0.15) is 0 Å². The van der Waals surface area contributed by atoms with Gasteiger partial charge in [0.25, 0.3) is 5.56 Å². The highest BCUT2D eigenvalue weighted by molar-refractivity contribution is 7.71. The van der Waals surface area contributed by atoms with Gasteiger partial charge in [0.2, 0.25) is 10.5 Å². The maximum absolute atomic E-state index is 12.9. The number of benzene rings is 1. The fraction of sp³-hybridized carbons (Fsp3) is 0.333. The van der Waals surface area contributed by atoms with E-state index in [0.29, 0.717) is 41.7 Å². The molecule has 1 aromatic carbocycles. The zero-order chi connectivity index (χ0) is 18.3. The lowest BCUT2D eigenvalue weighted by atomic mass is 10.2. The summed E-state index contributed by atoms with van der Waals surface area (Å²) in [6, 6.07) is 10.0. The Morgan fingerprint density at radius 1 is 1.42 bits per heavy atom. The first-order valence-corrected chi connectivity index (χ1v) is 8.89. The van der Waals surface area contributed by atoms with Gasteiger partial charge in [-0.15, -0.1) is 11.7 Å². The largest absolute Gasteiger partial charge is 0.272 e. The molecule has 0 N–H and O–H groups in total. The minimum atomic E-state index is -0.115. The highest BCUT2D eigenvalue weighted by atomic mass is 32.1. The van der Waals surface area contributed by atoms with Crippen LogP contribution in [0.5, 0.6) is 0 Å². The van der Waals surface area contributed by atoms with Crippen molar-refractivity contribution >= 4 is 28.9 Å². The van der Waals surface area contributed by atoms with Gasteiger partial charge < -0.3 is 0 Å². The smallest absolute Gasteiger partial charge is 0.263 e. The van der Waals surface area contributed by atoms with Gasteiger partial charge in [-0.3, -0.25) is 18.7 Å². The molecule has 1 aliphatic carbocycles. The number of rotatable bonds is 6. The van der Waals surface area contributed by atoms with E-state index in [9.17, 15) is 4.79 Å². The van der Waals surface area contributed by atoms with Crippen LogP contribution in [0.3, 0.4) is 0 Å². The highest BCUT2D eigenvalue weighted by Gasteiger charge is 2.29. The van der Waals surface area contributed by atoms with Crippen molar-refractivity contribution in [3.8, 4) is 6.07 Å². The first-order chi connectivity index (χ1) is 12.7. The molecule has 7 nitrogen and oxygen atoms in total. The molecule has 1 fully saturated rings. The molecule has 26 heavy (non-hydrogen) atoms. The lowest BCUT2D eigenvalue weighted by molar-refractivity contribution is 0.220. The van der Waals surface area contributed by atoms with Crippen LogP contribution in [-0.4, -0.2) is 36.2 Å². The van der Waals surface area contributed by atoms with Gasteiger partial charge in [0, 0.05) is 12.6 Å². The molecule has 8 heteroatoms. The lowest BCUT2D eigenvalue weighted by Crippen LogP contribution is -2.29. The summed E-state index contributed by atoms with van der Waals surface area (Å²) < 4.78 is 5.62. The summed E-state index contributed by atoms with van der Waals surface area (Å²) in [7, 11) is 0. The number of hydrogen-bond donors (Lipinski definition) is 0. The Balaban J connectivity index is 1.96. The second kappa shape index (κ2) is 6.52. The highest BCUT2D eigenvalue weighted by Crippen LogP contribution is 2.27. The second-order valence-electron chi connectivity index (χ2n) is 6.42. The van der Waals surface area contributed by atoms with Gasteiger partial charge >= 0.3 is 0 Å². The van der Waals surface area contributed by atoms with E-state index in [0.717, 1.165) is 18.4 Å². The molecule has 2 heterocycles. The molecular formula is C18H18N6OS. The van der Waals surface area contributed by atoms with Crippen LogP contribution in [0.1, 0.15) is 12.8 Å². The molecule has 0 bridgehead atoms. The molecule has 3 aromatic rings. The van der Waals surface area contributed by atoms with Crippen molar-refractivity contribution in [2.24, 2.45) is 0 Å². The third-order valence-electron chi connectivity index (χ3n) is 4.65.